The van der Waals surface area contributed by atoms with Crippen LogP contribution in [0, 0.1) is 0 Å². The summed E-state index contributed by atoms with van der Waals surface area (Å²) in [7, 11) is 0. The highest BCUT2D eigenvalue weighted by molar-refractivity contribution is 7.99. The van der Waals surface area contributed by atoms with Crippen LogP contribution in [-0.2, 0) is 25.7 Å². The molecular weight excluding hydrogens is 657 g/mol. The number of para-hydroxylation sites is 2. The molecule has 1 aliphatic rings. The maximum Gasteiger partial charge on any atom is 0.338 e. The first-order valence-electron chi connectivity index (χ1n) is 16.6. The molecule has 1 aromatic heterocycles. The van der Waals surface area contributed by atoms with Crippen LogP contribution in [0.4, 0.5) is 17.1 Å². The number of hydrogen-bond acceptors (Lipinski definition) is 9. The summed E-state index contributed by atoms with van der Waals surface area (Å²) in [6.07, 6.45) is 4.54. The molecule has 2 heterocycles. The van der Waals surface area contributed by atoms with E-state index in [9.17, 15) is 24.6 Å². The number of carbonyl (C=O) groups is 3. The third-order valence-electron chi connectivity index (χ3n) is 8.26. The Morgan fingerprint density at radius 2 is 1.58 bits per heavy atom. The maximum atomic E-state index is 12.8. The van der Waals surface area contributed by atoms with E-state index in [1.165, 1.54) is 17.8 Å². The number of aromatic nitrogens is 1. The van der Waals surface area contributed by atoms with Gasteiger partial charge in [-0.1, -0.05) is 61.4 Å². The van der Waals surface area contributed by atoms with Crippen molar-refractivity contribution in [2.45, 2.75) is 75.1 Å². The molecule has 3 unspecified atom stereocenters. The zero-order valence-corrected chi connectivity index (χ0v) is 28.4. The van der Waals surface area contributed by atoms with Crippen LogP contribution >= 0.6 is 11.8 Å². The number of ether oxygens (including phenoxy) is 2. The number of pyridine rings is 1. The number of carboxylic acids is 1. The van der Waals surface area contributed by atoms with Gasteiger partial charge in [0, 0.05) is 42.5 Å². The molecule has 2 amide bonds. The van der Waals surface area contributed by atoms with Crippen LogP contribution in [0.5, 0.6) is 0 Å². The molecule has 50 heavy (non-hydrogen) atoms. The second-order valence-corrected chi connectivity index (χ2v) is 13.1. The van der Waals surface area contributed by atoms with Gasteiger partial charge in [-0.2, -0.15) is 0 Å². The number of carbonyl (C=O) groups excluding carboxylic acids is 2. The second-order valence-electron chi connectivity index (χ2n) is 12.0. The molecule has 3 aromatic carbocycles. The van der Waals surface area contributed by atoms with Gasteiger partial charge in [-0.05, 0) is 60.4 Å². The van der Waals surface area contributed by atoms with Gasteiger partial charge in [0.1, 0.15) is 5.03 Å². The molecular formula is C38H42N4O7S. The number of aliphatic hydroxyl groups excluding tert-OH is 1. The number of aliphatic hydroxyl groups is 1. The van der Waals surface area contributed by atoms with Gasteiger partial charge in [0.25, 0.3) is 0 Å². The molecule has 5 rings (SSSR count). The van der Waals surface area contributed by atoms with Gasteiger partial charge < -0.3 is 36.1 Å². The van der Waals surface area contributed by atoms with E-state index in [0.717, 1.165) is 36.0 Å². The summed E-state index contributed by atoms with van der Waals surface area (Å²) in [5.74, 6) is -0.777. The molecule has 0 aliphatic carbocycles. The van der Waals surface area contributed by atoms with Gasteiger partial charge in [0.2, 0.25) is 11.8 Å². The number of nitrogen functional groups attached to an aromatic ring is 1. The largest absolute Gasteiger partial charge is 0.478 e. The number of anilines is 3. The van der Waals surface area contributed by atoms with Crippen LogP contribution in [0.1, 0.15) is 84.4 Å². The lowest BCUT2D eigenvalue weighted by molar-refractivity contribution is -0.245. The van der Waals surface area contributed by atoms with E-state index in [1.54, 1.807) is 24.4 Å². The average molecular weight is 699 g/mol. The van der Waals surface area contributed by atoms with E-state index < -0.39 is 12.3 Å². The zero-order valence-electron chi connectivity index (χ0n) is 27.6. The average Bonchev–Trinajstić information content (AvgIpc) is 3.13. The third-order valence-corrected chi connectivity index (χ3v) is 9.39. The highest BCUT2D eigenvalue weighted by Gasteiger charge is 2.33. The minimum atomic E-state index is -1.04. The Morgan fingerprint density at radius 3 is 2.30 bits per heavy atom. The van der Waals surface area contributed by atoms with Crippen molar-refractivity contribution >= 4 is 46.6 Å². The Morgan fingerprint density at radius 1 is 0.840 bits per heavy atom. The fraction of sp³-hybridized carbons (Fsp3) is 0.316. The molecule has 4 aromatic rings. The van der Waals surface area contributed by atoms with E-state index in [2.05, 4.69) is 15.6 Å². The zero-order chi connectivity index (χ0) is 35.3. The number of thioether (sulfide) groups is 1. The molecule has 1 fully saturated rings. The summed E-state index contributed by atoms with van der Waals surface area (Å²) in [6, 6.07) is 25.2. The molecule has 11 nitrogen and oxygen atoms in total. The molecule has 1 aliphatic heterocycles. The predicted octanol–water partition coefficient (Wildman–Crippen LogP) is 7.11. The number of hydrogen-bond donors (Lipinski definition) is 5. The topological polar surface area (TPSA) is 173 Å². The monoisotopic (exact) mass is 698 g/mol. The van der Waals surface area contributed by atoms with Crippen LogP contribution in [0.3, 0.4) is 0 Å². The minimum Gasteiger partial charge on any atom is -0.478 e. The van der Waals surface area contributed by atoms with Crippen LogP contribution in [0.15, 0.2) is 96.2 Å². The Kier molecular flexibility index (Phi) is 13.4. The number of nitrogens with one attached hydrogen (secondary N) is 2. The number of carboxylic acid groups (broad SMARTS) is 1. The molecule has 0 spiro atoms. The number of unbranched alkanes of at least 4 members (excludes halogenated alkanes) is 3. The Labute approximate surface area is 295 Å². The number of rotatable bonds is 16. The van der Waals surface area contributed by atoms with E-state index in [-0.39, 0.29) is 36.2 Å². The van der Waals surface area contributed by atoms with Crippen LogP contribution in [0.25, 0.3) is 0 Å². The van der Waals surface area contributed by atoms with E-state index in [1.807, 2.05) is 60.7 Å². The summed E-state index contributed by atoms with van der Waals surface area (Å²) in [4.78, 5) is 41.0. The fourth-order valence-electron chi connectivity index (χ4n) is 5.60. The molecule has 6 N–H and O–H groups in total. The van der Waals surface area contributed by atoms with Gasteiger partial charge in [-0.25, -0.2) is 9.78 Å². The predicted molar refractivity (Wildman–Crippen MR) is 193 cm³/mol. The molecule has 0 saturated carbocycles. The highest BCUT2D eigenvalue weighted by Crippen LogP contribution is 2.40. The van der Waals surface area contributed by atoms with Gasteiger partial charge in [0.15, 0.2) is 6.29 Å². The maximum absolute atomic E-state index is 12.8. The molecule has 3 atom stereocenters. The van der Waals surface area contributed by atoms with Crippen molar-refractivity contribution in [1.82, 2.24) is 4.98 Å². The quantitative estimate of drug-likeness (QED) is 0.0461. The van der Waals surface area contributed by atoms with Crippen molar-refractivity contribution in [2.24, 2.45) is 0 Å². The molecule has 262 valence electrons. The SMILES string of the molecule is Nc1ccccc1NC(=O)CCCCCCC(=O)Nc1cccc(C2OC(CSc3ncccc3C(=O)O)CC(c3ccc(CO)cc3)O2)c1. The van der Waals surface area contributed by atoms with Crippen molar-refractivity contribution in [2.75, 3.05) is 22.1 Å². The second kappa shape index (κ2) is 18.3. The lowest BCUT2D eigenvalue weighted by Crippen LogP contribution is -2.31. The summed E-state index contributed by atoms with van der Waals surface area (Å²) in [6.45, 7) is -0.0600. The van der Waals surface area contributed by atoms with Gasteiger partial charge in [-0.15, -0.1) is 11.8 Å². The highest BCUT2D eigenvalue weighted by atomic mass is 32.2. The molecule has 1 saturated heterocycles. The van der Waals surface area contributed by atoms with Crippen molar-refractivity contribution < 1.29 is 34.1 Å². The standard InChI is InChI=1S/C38H42N4O7S/c39-31-12-5-6-13-32(31)42-35(45)15-4-2-1-3-14-34(44)41-28-10-7-9-27(21-28)38-48-29(24-50-36-30(37(46)47)11-8-20-40-36)22-33(49-38)26-18-16-25(23-43)17-19-26/h5-13,16-21,29,33,38,43H,1-4,14-15,22-24,39H2,(H,41,44)(H,42,45)(H,46,47). The van der Waals surface area contributed by atoms with Gasteiger partial charge in [-0.3, -0.25) is 9.59 Å². The van der Waals surface area contributed by atoms with Crippen molar-refractivity contribution in [3.8, 4) is 0 Å². The Hall–Kier alpha value is -4.75. The van der Waals surface area contributed by atoms with Crippen LogP contribution in [0.2, 0.25) is 0 Å². The molecule has 12 heteroatoms. The Balaban J connectivity index is 1.14. The van der Waals surface area contributed by atoms with Gasteiger partial charge in [0.05, 0.1) is 35.8 Å². The number of benzene rings is 3. The summed E-state index contributed by atoms with van der Waals surface area (Å²) in [5.41, 5.74) is 10.2. The van der Waals surface area contributed by atoms with E-state index in [4.69, 9.17) is 15.2 Å². The lowest BCUT2D eigenvalue weighted by Gasteiger charge is -2.36. The van der Waals surface area contributed by atoms with Crippen molar-refractivity contribution in [3.05, 3.63) is 113 Å². The first-order chi connectivity index (χ1) is 24.3. The molecule has 0 bridgehead atoms. The summed E-state index contributed by atoms with van der Waals surface area (Å²) < 4.78 is 12.8. The molecule has 0 radical (unpaired) electrons. The van der Waals surface area contributed by atoms with Crippen molar-refractivity contribution in [1.29, 1.82) is 0 Å². The third kappa shape index (κ3) is 10.6. The smallest absolute Gasteiger partial charge is 0.338 e. The first kappa shape index (κ1) is 36.5. The van der Waals surface area contributed by atoms with Crippen LogP contribution in [-0.4, -0.2) is 44.8 Å². The lowest BCUT2D eigenvalue weighted by atomic mass is 10.0. The van der Waals surface area contributed by atoms with E-state index in [0.29, 0.717) is 53.5 Å². The van der Waals surface area contributed by atoms with Crippen LogP contribution < -0.4 is 16.4 Å². The number of nitrogens with two attached hydrogens (primary N) is 1. The fourth-order valence-corrected chi connectivity index (χ4v) is 6.60. The van der Waals surface area contributed by atoms with Gasteiger partial charge >= 0.3 is 5.97 Å². The normalized spacial score (nSPS) is 17.2. The summed E-state index contributed by atoms with van der Waals surface area (Å²) >= 11 is 1.32. The summed E-state index contributed by atoms with van der Waals surface area (Å²) in [5, 5.41) is 25.3. The number of nitrogens with zero attached hydrogens (tertiary/aromatic N) is 1. The minimum absolute atomic E-state index is 0.0600. The van der Waals surface area contributed by atoms with E-state index >= 15 is 0 Å². The number of amides is 2. The number of aromatic carboxylic acids is 1. The Bertz CT molecular complexity index is 1750. The van der Waals surface area contributed by atoms with Crippen molar-refractivity contribution in [3.63, 3.8) is 0 Å². The first-order valence-corrected chi connectivity index (χ1v) is 17.6.